The molecule has 1 fully saturated rings. The van der Waals surface area contributed by atoms with Crippen molar-refractivity contribution in [2.75, 3.05) is 0 Å². The van der Waals surface area contributed by atoms with Crippen molar-refractivity contribution in [1.29, 1.82) is 0 Å². The van der Waals surface area contributed by atoms with E-state index in [0.717, 1.165) is 6.04 Å². The highest BCUT2D eigenvalue weighted by molar-refractivity contribution is 6.34. The van der Waals surface area contributed by atoms with Crippen LogP contribution < -0.4 is 0 Å². The Hall–Kier alpha value is 0.394. The summed E-state index contributed by atoms with van der Waals surface area (Å²) >= 11 is 0. The van der Waals surface area contributed by atoms with E-state index >= 15 is 0 Å². The van der Waals surface area contributed by atoms with Crippen LogP contribution in [0.3, 0.4) is 0 Å². The zero-order valence-electron chi connectivity index (χ0n) is 10.5. The van der Waals surface area contributed by atoms with Crippen LogP contribution in [0.15, 0.2) is 0 Å². The Balaban J connectivity index is 2.51. The molecule has 0 bridgehead atoms. The van der Waals surface area contributed by atoms with Crippen LogP contribution in [0, 0.1) is 0 Å². The molecule has 0 N–H and O–H groups in total. The summed E-state index contributed by atoms with van der Waals surface area (Å²) in [6.07, 6.45) is 5.91. The van der Waals surface area contributed by atoms with E-state index in [1.165, 1.54) is 42.0 Å². The molecular formula is C11H27NSi2. The van der Waals surface area contributed by atoms with Crippen LogP contribution in [-0.2, 0) is 0 Å². The standard InChI is InChI=1S/C11H27NSi2/c1-11(2,3)12(14-9-8-13)10-6-4-5-7-10/h10H,4-9,14H2,1-3,13H3. The lowest BCUT2D eigenvalue weighted by molar-refractivity contribution is 0.192. The fourth-order valence-electron chi connectivity index (χ4n) is 2.61. The van der Waals surface area contributed by atoms with Gasteiger partial charge in [-0.3, -0.25) is 0 Å². The molecule has 1 nitrogen and oxygen atoms in total. The van der Waals surface area contributed by atoms with Gasteiger partial charge >= 0.3 is 0 Å². The zero-order chi connectivity index (χ0) is 10.6. The van der Waals surface area contributed by atoms with Gasteiger partial charge in [-0.05, 0) is 33.6 Å². The Morgan fingerprint density at radius 1 is 1.29 bits per heavy atom. The number of rotatable bonds is 4. The van der Waals surface area contributed by atoms with Crippen molar-refractivity contribution in [3.8, 4) is 0 Å². The number of nitrogens with zero attached hydrogens (tertiary/aromatic N) is 1. The minimum absolute atomic E-state index is 0.0597. The van der Waals surface area contributed by atoms with Gasteiger partial charge in [0.25, 0.3) is 0 Å². The maximum Gasteiger partial charge on any atom is 0.0957 e. The highest BCUT2D eigenvalue weighted by Gasteiger charge is 2.29. The first kappa shape index (κ1) is 12.5. The van der Waals surface area contributed by atoms with Gasteiger partial charge in [-0.1, -0.05) is 24.9 Å². The summed E-state index contributed by atoms with van der Waals surface area (Å²) in [5.41, 5.74) is 0.442. The van der Waals surface area contributed by atoms with Crippen LogP contribution in [0.25, 0.3) is 0 Å². The minimum atomic E-state index is 0.0597. The van der Waals surface area contributed by atoms with Gasteiger partial charge in [-0.15, -0.1) is 0 Å². The molecule has 0 radical (unpaired) electrons. The summed E-state index contributed by atoms with van der Waals surface area (Å²) in [6, 6.07) is 4.03. The van der Waals surface area contributed by atoms with E-state index in [0.29, 0.717) is 5.54 Å². The molecule has 0 heterocycles. The van der Waals surface area contributed by atoms with E-state index in [2.05, 4.69) is 25.3 Å². The third-order valence-electron chi connectivity index (χ3n) is 3.38. The summed E-state index contributed by atoms with van der Waals surface area (Å²) in [5.74, 6) is 0. The molecule has 0 aromatic carbocycles. The van der Waals surface area contributed by atoms with Gasteiger partial charge in [0, 0.05) is 21.8 Å². The lowest BCUT2D eigenvalue weighted by Gasteiger charge is -2.40. The van der Waals surface area contributed by atoms with E-state index in [-0.39, 0.29) is 9.68 Å². The fraction of sp³-hybridized carbons (Fsp3) is 1.00. The first-order chi connectivity index (χ1) is 6.55. The molecule has 0 atom stereocenters. The molecule has 0 saturated heterocycles. The Morgan fingerprint density at radius 3 is 2.29 bits per heavy atom. The molecule has 1 aliphatic rings. The lowest BCUT2D eigenvalue weighted by Crippen LogP contribution is -2.49. The number of hydrogen-bond donors (Lipinski definition) is 0. The Morgan fingerprint density at radius 2 is 1.86 bits per heavy atom. The Bertz CT molecular complexity index is 159. The van der Waals surface area contributed by atoms with Crippen LogP contribution in [-0.4, -0.2) is 36.1 Å². The van der Waals surface area contributed by atoms with Crippen LogP contribution in [0.5, 0.6) is 0 Å². The van der Waals surface area contributed by atoms with Crippen molar-refractivity contribution in [3.63, 3.8) is 0 Å². The van der Waals surface area contributed by atoms with Gasteiger partial charge in [0.15, 0.2) is 0 Å². The summed E-state index contributed by atoms with van der Waals surface area (Å²) in [6.45, 7) is 7.22. The van der Waals surface area contributed by atoms with Gasteiger partial charge in [0.2, 0.25) is 0 Å². The highest BCUT2D eigenvalue weighted by atomic mass is 28.2. The third kappa shape index (κ3) is 3.52. The quantitative estimate of drug-likeness (QED) is 0.657. The Labute approximate surface area is 95.0 Å². The molecule has 1 rings (SSSR count). The van der Waals surface area contributed by atoms with Crippen LogP contribution in [0.1, 0.15) is 46.5 Å². The van der Waals surface area contributed by atoms with Gasteiger partial charge in [0.05, 0.1) is 9.68 Å². The molecule has 0 aliphatic heterocycles. The molecule has 0 unspecified atom stereocenters. The zero-order valence-corrected chi connectivity index (χ0v) is 13.9. The summed E-state index contributed by atoms with van der Waals surface area (Å²) in [5, 5.41) is 0. The molecule has 1 saturated carbocycles. The number of hydrogen-bond acceptors (Lipinski definition) is 1. The van der Waals surface area contributed by atoms with Gasteiger partial charge in [-0.2, -0.15) is 0 Å². The van der Waals surface area contributed by atoms with Crippen LogP contribution in [0.4, 0.5) is 0 Å². The average Bonchev–Trinajstić information content (AvgIpc) is 2.55. The van der Waals surface area contributed by atoms with Crippen molar-refractivity contribution in [1.82, 2.24) is 4.57 Å². The molecule has 0 amide bonds. The molecule has 0 spiro atoms. The summed E-state index contributed by atoms with van der Waals surface area (Å²) in [4.78, 5) is 0. The second-order valence-electron chi connectivity index (χ2n) is 5.66. The largest absolute Gasteiger partial charge is 0.322 e. The average molecular weight is 230 g/mol. The maximum absolute atomic E-state index is 2.90. The van der Waals surface area contributed by atoms with E-state index in [9.17, 15) is 0 Å². The highest BCUT2D eigenvalue weighted by Crippen LogP contribution is 2.28. The molecule has 1 aliphatic carbocycles. The monoisotopic (exact) mass is 229 g/mol. The third-order valence-corrected chi connectivity index (χ3v) is 8.47. The van der Waals surface area contributed by atoms with E-state index in [1.54, 1.807) is 6.04 Å². The normalized spacial score (nSPS) is 20.6. The lowest BCUT2D eigenvalue weighted by atomic mass is 10.1. The van der Waals surface area contributed by atoms with E-state index < -0.39 is 0 Å². The second kappa shape index (κ2) is 5.47. The molecule has 3 heteroatoms. The fourth-order valence-corrected chi connectivity index (χ4v) is 5.62. The molecule has 84 valence electrons. The molecule has 0 aromatic rings. The van der Waals surface area contributed by atoms with E-state index in [4.69, 9.17) is 0 Å². The van der Waals surface area contributed by atoms with E-state index in [1.807, 2.05) is 0 Å². The van der Waals surface area contributed by atoms with Crippen molar-refractivity contribution in [2.24, 2.45) is 0 Å². The van der Waals surface area contributed by atoms with Gasteiger partial charge in [0.1, 0.15) is 0 Å². The van der Waals surface area contributed by atoms with Gasteiger partial charge in [-0.25, -0.2) is 0 Å². The summed E-state index contributed by atoms with van der Waals surface area (Å²) in [7, 11) is 1.46. The van der Waals surface area contributed by atoms with Crippen LogP contribution in [0.2, 0.25) is 12.1 Å². The molecule has 0 aromatic heterocycles. The first-order valence-corrected chi connectivity index (χ1v) is 9.37. The van der Waals surface area contributed by atoms with Crippen molar-refractivity contribution in [2.45, 2.75) is 70.1 Å². The first-order valence-electron chi connectivity index (χ1n) is 6.32. The molecule has 14 heavy (non-hydrogen) atoms. The maximum atomic E-state index is 2.90. The molecular weight excluding hydrogens is 202 g/mol. The Kier molecular flexibility index (Phi) is 4.87. The predicted molar refractivity (Wildman–Crippen MR) is 71.9 cm³/mol. The van der Waals surface area contributed by atoms with Crippen LogP contribution >= 0.6 is 0 Å². The SMILES string of the molecule is CC(C)(C)N([SiH2]CC[SiH3])C1CCCC1. The second-order valence-corrected chi connectivity index (χ2v) is 8.49. The topological polar surface area (TPSA) is 3.24 Å². The minimum Gasteiger partial charge on any atom is -0.322 e. The van der Waals surface area contributed by atoms with Crippen molar-refractivity contribution in [3.05, 3.63) is 0 Å². The summed E-state index contributed by atoms with van der Waals surface area (Å²) < 4.78 is 2.90. The van der Waals surface area contributed by atoms with Gasteiger partial charge < -0.3 is 4.57 Å². The van der Waals surface area contributed by atoms with Crippen molar-refractivity contribution >= 4 is 19.9 Å². The smallest absolute Gasteiger partial charge is 0.0957 e. The van der Waals surface area contributed by atoms with Crippen molar-refractivity contribution < 1.29 is 0 Å². The predicted octanol–water partition coefficient (Wildman–Crippen LogP) is 1.32.